The zero-order valence-electron chi connectivity index (χ0n) is 31.3. The summed E-state index contributed by atoms with van der Waals surface area (Å²) in [6.45, 7) is 15.4. The summed E-state index contributed by atoms with van der Waals surface area (Å²) >= 11 is 0. The molecule has 9 heterocycles. The van der Waals surface area contributed by atoms with Crippen LogP contribution in [-0.2, 0) is 38.5 Å². The minimum absolute atomic E-state index is 0.254. The summed E-state index contributed by atoms with van der Waals surface area (Å²) in [5, 5.41) is 0. The van der Waals surface area contributed by atoms with Crippen molar-refractivity contribution in [1.29, 1.82) is 0 Å². The SMILES string of the molecule is CCc1c(C(CC)C2=C3C4C(CC)C(C)C(c5c(CC)c6n7c5CCC7CCC6)C4(CC)C4=CCCC(C2)N43)c2n3c1CCCC3CC2. The molecule has 48 heavy (non-hydrogen) atoms. The Morgan fingerprint density at radius 1 is 0.750 bits per heavy atom. The second-order valence-corrected chi connectivity index (χ2v) is 17.7. The second-order valence-electron chi connectivity index (χ2n) is 17.7. The molecule has 10 rings (SSSR count). The lowest BCUT2D eigenvalue weighted by Gasteiger charge is -2.42. The van der Waals surface area contributed by atoms with Crippen molar-refractivity contribution < 1.29 is 0 Å². The first-order valence-corrected chi connectivity index (χ1v) is 21.3. The lowest BCUT2D eigenvalue weighted by molar-refractivity contribution is 0.219. The van der Waals surface area contributed by atoms with E-state index in [-0.39, 0.29) is 5.41 Å². The number of nitrogens with zero attached hydrogens (tertiary/aromatic N) is 3. The molecule has 2 aromatic heterocycles. The predicted octanol–water partition coefficient (Wildman–Crippen LogP) is 11.0. The van der Waals surface area contributed by atoms with Gasteiger partial charge in [-0.25, -0.2) is 0 Å². The maximum atomic E-state index is 3.09. The van der Waals surface area contributed by atoms with Crippen LogP contribution in [0.5, 0.6) is 0 Å². The van der Waals surface area contributed by atoms with Gasteiger partial charge in [0.15, 0.2) is 0 Å². The number of fused-ring (bicyclic) bond motifs is 3. The average molecular weight is 646 g/mol. The topological polar surface area (TPSA) is 13.1 Å². The fraction of sp³-hybridized carbons (Fsp3) is 0.733. The Kier molecular flexibility index (Phi) is 6.97. The number of hydrogen-bond donors (Lipinski definition) is 0. The smallest absolute Gasteiger partial charge is 0.0377 e. The minimum atomic E-state index is 0.254. The van der Waals surface area contributed by atoms with Crippen LogP contribution in [0.1, 0.15) is 188 Å². The molecular weight excluding hydrogens is 583 g/mol. The van der Waals surface area contributed by atoms with E-state index in [4.69, 9.17) is 0 Å². The van der Waals surface area contributed by atoms with E-state index in [1.54, 1.807) is 33.9 Å². The van der Waals surface area contributed by atoms with Crippen molar-refractivity contribution in [3.63, 3.8) is 0 Å². The summed E-state index contributed by atoms with van der Waals surface area (Å²) in [5.74, 6) is 3.45. The summed E-state index contributed by atoms with van der Waals surface area (Å²) in [5.41, 5.74) is 20.3. The van der Waals surface area contributed by atoms with Crippen molar-refractivity contribution in [1.82, 2.24) is 14.0 Å². The molecule has 3 nitrogen and oxygen atoms in total. The van der Waals surface area contributed by atoms with Crippen molar-refractivity contribution in [2.45, 2.75) is 187 Å². The van der Waals surface area contributed by atoms with E-state index in [1.165, 1.54) is 116 Å². The summed E-state index contributed by atoms with van der Waals surface area (Å²) < 4.78 is 5.87. The van der Waals surface area contributed by atoms with Gasteiger partial charge in [0.2, 0.25) is 0 Å². The largest absolute Gasteiger partial charge is 0.345 e. The third-order valence-corrected chi connectivity index (χ3v) is 16.5. The van der Waals surface area contributed by atoms with E-state index in [1.807, 2.05) is 28.1 Å². The van der Waals surface area contributed by atoms with Crippen LogP contribution in [-0.4, -0.2) is 20.1 Å². The fourth-order valence-electron chi connectivity index (χ4n) is 15.1. The van der Waals surface area contributed by atoms with E-state index >= 15 is 0 Å². The van der Waals surface area contributed by atoms with Gasteiger partial charge in [0.25, 0.3) is 0 Å². The van der Waals surface area contributed by atoms with Crippen molar-refractivity contribution in [3.8, 4) is 0 Å². The van der Waals surface area contributed by atoms with Gasteiger partial charge in [0, 0.05) is 75.5 Å². The Labute approximate surface area is 291 Å². The maximum Gasteiger partial charge on any atom is 0.0377 e. The second kappa shape index (κ2) is 10.9. The number of allylic oxidation sites excluding steroid dienone is 3. The van der Waals surface area contributed by atoms with Crippen LogP contribution in [0.2, 0.25) is 0 Å². The highest BCUT2D eigenvalue weighted by molar-refractivity contribution is 5.56. The van der Waals surface area contributed by atoms with Gasteiger partial charge in [-0.05, 0) is 149 Å². The van der Waals surface area contributed by atoms with Crippen molar-refractivity contribution in [3.05, 3.63) is 68.1 Å². The fourth-order valence-corrected chi connectivity index (χ4v) is 15.1. The lowest BCUT2D eigenvalue weighted by atomic mass is 9.63. The molecule has 1 saturated carbocycles. The van der Waals surface area contributed by atoms with Gasteiger partial charge in [0.1, 0.15) is 0 Å². The predicted molar refractivity (Wildman–Crippen MR) is 198 cm³/mol. The molecule has 1 saturated heterocycles. The maximum absolute atomic E-state index is 3.09. The molecule has 0 bridgehead atoms. The molecule has 0 N–H and O–H groups in total. The van der Waals surface area contributed by atoms with Crippen molar-refractivity contribution >= 4 is 0 Å². The van der Waals surface area contributed by atoms with Crippen LogP contribution >= 0.6 is 0 Å². The van der Waals surface area contributed by atoms with Crippen molar-refractivity contribution in [2.75, 3.05) is 0 Å². The van der Waals surface area contributed by atoms with E-state index < -0.39 is 0 Å². The van der Waals surface area contributed by atoms with Crippen LogP contribution in [0.15, 0.2) is 23.0 Å². The highest BCUT2D eigenvalue weighted by atomic mass is 15.3. The first-order chi connectivity index (χ1) is 23.5. The van der Waals surface area contributed by atoms with E-state index in [0.717, 1.165) is 23.9 Å². The monoisotopic (exact) mass is 646 g/mol. The molecule has 0 aromatic carbocycles. The Hall–Kier alpha value is -2.16. The van der Waals surface area contributed by atoms with Gasteiger partial charge in [-0.3, -0.25) is 0 Å². The normalized spacial score (nSPS) is 36.1. The Morgan fingerprint density at radius 3 is 2.10 bits per heavy atom. The molecule has 258 valence electrons. The number of hydrogen-bond acceptors (Lipinski definition) is 1. The molecule has 0 spiro atoms. The zero-order valence-corrected chi connectivity index (χ0v) is 31.3. The molecule has 7 aliphatic heterocycles. The van der Waals surface area contributed by atoms with Gasteiger partial charge in [-0.15, -0.1) is 0 Å². The molecule has 0 radical (unpaired) electrons. The van der Waals surface area contributed by atoms with Gasteiger partial charge in [-0.1, -0.05) is 54.0 Å². The quantitative estimate of drug-likeness (QED) is 0.278. The Morgan fingerprint density at radius 2 is 1.44 bits per heavy atom. The number of rotatable bonds is 8. The summed E-state index contributed by atoms with van der Waals surface area (Å²) in [4.78, 5) is 3.09. The zero-order chi connectivity index (χ0) is 32.6. The molecule has 9 unspecified atom stereocenters. The van der Waals surface area contributed by atoms with Crippen LogP contribution in [0, 0.1) is 23.2 Å². The van der Waals surface area contributed by atoms with Gasteiger partial charge >= 0.3 is 0 Å². The molecule has 1 aliphatic carbocycles. The molecule has 9 atom stereocenters. The third kappa shape index (κ3) is 3.54. The molecule has 2 aromatic rings. The Bertz CT molecular complexity index is 1720. The molecular formula is C45H63N3. The third-order valence-electron chi connectivity index (χ3n) is 16.5. The van der Waals surface area contributed by atoms with Crippen LogP contribution in [0.3, 0.4) is 0 Å². The van der Waals surface area contributed by atoms with Crippen LogP contribution < -0.4 is 0 Å². The van der Waals surface area contributed by atoms with E-state index in [2.05, 4.69) is 61.7 Å². The molecule has 0 amide bonds. The van der Waals surface area contributed by atoms with Gasteiger partial charge < -0.3 is 14.0 Å². The van der Waals surface area contributed by atoms with Gasteiger partial charge in [0.05, 0.1) is 0 Å². The van der Waals surface area contributed by atoms with Crippen LogP contribution in [0.4, 0.5) is 0 Å². The first kappa shape index (κ1) is 30.6. The molecule has 8 aliphatic rings. The van der Waals surface area contributed by atoms with E-state index in [0.29, 0.717) is 23.8 Å². The van der Waals surface area contributed by atoms with Gasteiger partial charge in [-0.2, -0.15) is 0 Å². The summed E-state index contributed by atoms with van der Waals surface area (Å²) in [6, 6.07) is 2.28. The lowest BCUT2D eigenvalue weighted by Crippen LogP contribution is -2.37. The van der Waals surface area contributed by atoms with Crippen LogP contribution in [0.25, 0.3) is 0 Å². The molecule has 3 heteroatoms. The highest BCUT2D eigenvalue weighted by Crippen LogP contribution is 2.75. The average Bonchev–Trinajstić information content (AvgIpc) is 3.96. The highest BCUT2D eigenvalue weighted by Gasteiger charge is 2.69. The first-order valence-electron chi connectivity index (χ1n) is 21.3. The minimum Gasteiger partial charge on any atom is -0.345 e. The Balaban J connectivity index is 1.20. The summed E-state index contributed by atoms with van der Waals surface area (Å²) in [7, 11) is 0. The van der Waals surface area contributed by atoms with Crippen molar-refractivity contribution in [2.24, 2.45) is 23.2 Å². The number of aromatic nitrogens is 2. The molecule has 2 fully saturated rings. The van der Waals surface area contributed by atoms with E-state index in [9.17, 15) is 0 Å². The standard InChI is InChI=1S/C45H63N3/c1-7-30-26(6)42(41-33(10-4)36-19-13-16-28-22-24-38(41)47(28)36)45(11-5)39-20-14-17-29-25-34(44(43(30)45)48(29)39)31(8-2)40-32(9-3)35-18-12-15-27-21-23-37(40)46(27)35/h20,26-31,42-43H,7-19,21-25H2,1-6H3. The summed E-state index contributed by atoms with van der Waals surface area (Å²) in [6.07, 6.45) is 26.8.